The molecule has 0 fully saturated rings. The molecule has 0 radical (unpaired) electrons. The molecule has 4 nitrogen and oxygen atoms in total. The topological polar surface area (TPSA) is 67.9 Å². The lowest BCUT2D eigenvalue weighted by Gasteiger charge is -2.13. The van der Waals surface area contributed by atoms with Crippen LogP contribution in [0.1, 0.15) is 22.5 Å². The molecule has 17 heavy (non-hydrogen) atoms. The molecule has 0 aromatic carbocycles. The molecule has 1 rings (SSSR count). The first-order valence-electron chi connectivity index (χ1n) is 5.31. The average molecular weight is 247 g/mol. The maximum atomic E-state index is 11.7. The molecule has 5 heteroatoms. The van der Waals surface area contributed by atoms with Crippen LogP contribution in [0.25, 0.3) is 0 Å². The van der Waals surface area contributed by atoms with Crippen LogP contribution in [0.15, 0.2) is 17.5 Å². The Morgan fingerprint density at radius 2 is 2.06 bits per heavy atom. The van der Waals surface area contributed by atoms with Gasteiger partial charge in [-0.3, -0.25) is 9.69 Å². The first-order chi connectivity index (χ1) is 8.27. The van der Waals surface area contributed by atoms with Crippen molar-refractivity contribution in [2.45, 2.75) is 12.8 Å². The van der Waals surface area contributed by atoms with Gasteiger partial charge in [0.15, 0.2) is 5.78 Å². The maximum Gasteiger partial charge on any atom is 0.172 e. The molecular formula is C12H13N3OS. The molecule has 0 atom stereocenters. The summed E-state index contributed by atoms with van der Waals surface area (Å²) < 4.78 is 0. The van der Waals surface area contributed by atoms with Gasteiger partial charge < -0.3 is 0 Å². The fraction of sp³-hybridized carbons (Fsp3) is 0.417. The highest BCUT2D eigenvalue weighted by Gasteiger charge is 2.08. The zero-order valence-electron chi connectivity index (χ0n) is 9.43. The molecule has 88 valence electrons. The first-order valence-corrected chi connectivity index (χ1v) is 6.19. The molecule has 1 aromatic rings. The van der Waals surface area contributed by atoms with E-state index in [1.54, 1.807) is 4.90 Å². The molecule has 0 spiro atoms. The van der Waals surface area contributed by atoms with Crippen LogP contribution in [0.2, 0.25) is 0 Å². The van der Waals surface area contributed by atoms with Crippen molar-refractivity contribution in [3.05, 3.63) is 22.4 Å². The Kier molecular flexibility index (Phi) is 5.95. The minimum absolute atomic E-state index is 0.133. The molecule has 0 aliphatic carbocycles. The van der Waals surface area contributed by atoms with E-state index in [9.17, 15) is 4.79 Å². The van der Waals surface area contributed by atoms with E-state index in [1.165, 1.54) is 11.3 Å². The maximum absolute atomic E-state index is 11.7. The number of rotatable bonds is 7. The molecule has 0 amide bonds. The number of carbonyl (C=O) groups is 1. The Labute approximate surface area is 105 Å². The fourth-order valence-corrected chi connectivity index (χ4v) is 2.13. The zero-order valence-corrected chi connectivity index (χ0v) is 10.2. The molecule has 0 N–H and O–H groups in total. The van der Waals surface area contributed by atoms with Gasteiger partial charge in [0.05, 0.1) is 30.1 Å². The van der Waals surface area contributed by atoms with Gasteiger partial charge in [0.25, 0.3) is 0 Å². The van der Waals surface area contributed by atoms with Gasteiger partial charge in [0.1, 0.15) is 0 Å². The third-order valence-electron chi connectivity index (χ3n) is 2.26. The lowest BCUT2D eigenvalue weighted by atomic mass is 10.2. The Balaban J connectivity index is 2.29. The van der Waals surface area contributed by atoms with E-state index < -0.39 is 0 Å². The second-order valence-corrected chi connectivity index (χ2v) is 4.48. The van der Waals surface area contributed by atoms with E-state index >= 15 is 0 Å². The molecule has 1 heterocycles. The van der Waals surface area contributed by atoms with Crippen LogP contribution in [-0.4, -0.2) is 30.3 Å². The van der Waals surface area contributed by atoms with E-state index in [-0.39, 0.29) is 18.9 Å². The minimum Gasteiger partial charge on any atom is -0.293 e. The Hall–Kier alpha value is -1.69. The summed E-state index contributed by atoms with van der Waals surface area (Å²) in [4.78, 5) is 14.2. The molecule has 0 aliphatic heterocycles. The quantitative estimate of drug-likeness (QED) is 0.546. The first kappa shape index (κ1) is 13.4. The molecule has 1 aromatic heterocycles. The monoisotopic (exact) mass is 247 g/mol. The van der Waals surface area contributed by atoms with E-state index in [0.717, 1.165) is 4.88 Å². The largest absolute Gasteiger partial charge is 0.293 e. The third kappa shape index (κ3) is 4.78. The lowest BCUT2D eigenvalue weighted by molar-refractivity contribution is 0.0980. The Morgan fingerprint density at radius 1 is 1.35 bits per heavy atom. The van der Waals surface area contributed by atoms with Gasteiger partial charge in [-0.05, 0) is 17.9 Å². The fourth-order valence-electron chi connectivity index (χ4n) is 1.44. The number of nitriles is 2. The Bertz CT molecular complexity index is 412. The summed E-state index contributed by atoms with van der Waals surface area (Å²) in [5.41, 5.74) is 0. The van der Waals surface area contributed by atoms with Gasteiger partial charge in [0, 0.05) is 13.0 Å². The van der Waals surface area contributed by atoms with Gasteiger partial charge in [-0.25, -0.2) is 0 Å². The standard InChI is InChI=1S/C12H13N3OS/c13-5-8-15(9-6-14)7-1-3-11(16)12-4-2-10-17-12/h2,4,10H,1,3,7-9H2. The van der Waals surface area contributed by atoms with Crippen molar-refractivity contribution in [1.82, 2.24) is 4.90 Å². The van der Waals surface area contributed by atoms with Crippen molar-refractivity contribution in [1.29, 1.82) is 10.5 Å². The van der Waals surface area contributed by atoms with Gasteiger partial charge >= 0.3 is 0 Å². The van der Waals surface area contributed by atoms with Crippen molar-refractivity contribution in [2.75, 3.05) is 19.6 Å². The van der Waals surface area contributed by atoms with E-state index in [4.69, 9.17) is 10.5 Å². The summed E-state index contributed by atoms with van der Waals surface area (Å²) in [6.07, 6.45) is 1.15. The number of carbonyl (C=O) groups excluding carboxylic acids is 1. The predicted octanol–water partition coefficient (Wildman–Crippen LogP) is 2.06. The van der Waals surface area contributed by atoms with Crippen molar-refractivity contribution >= 4 is 17.1 Å². The van der Waals surface area contributed by atoms with E-state index in [0.29, 0.717) is 19.4 Å². The molecule has 0 unspecified atom stereocenters. The number of hydrogen-bond donors (Lipinski definition) is 0. The van der Waals surface area contributed by atoms with Crippen LogP contribution in [0, 0.1) is 22.7 Å². The van der Waals surface area contributed by atoms with E-state index in [1.807, 2.05) is 29.7 Å². The summed E-state index contributed by atoms with van der Waals surface area (Å²) in [5, 5.41) is 19.0. The summed E-state index contributed by atoms with van der Waals surface area (Å²) in [6.45, 7) is 1.08. The SMILES string of the molecule is N#CCN(CC#N)CCCC(=O)c1cccs1. The second-order valence-electron chi connectivity index (χ2n) is 3.53. The van der Waals surface area contributed by atoms with Crippen LogP contribution in [0.5, 0.6) is 0 Å². The highest BCUT2D eigenvalue weighted by atomic mass is 32.1. The van der Waals surface area contributed by atoms with Gasteiger partial charge in [-0.1, -0.05) is 6.07 Å². The van der Waals surface area contributed by atoms with Crippen LogP contribution < -0.4 is 0 Å². The van der Waals surface area contributed by atoms with E-state index in [2.05, 4.69) is 0 Å². The van der Waals surface area contributed by atoms with Crippen LogP contribution in [-0.2, 0) is 0 Å². The van der Waals surface area contributed by atoms with Gasteiger partial charge in [0.2, 0.25) is 0 Å². The number of thiophene rings is 1. The summed E-state index contributed by atoms with van der Waals surface area (Å²) in [7, 11) is 0. The predicted molar refractivity (Wildman–Crippen MR) is 65.5 cm³/mol. The highest BCUT2D eigenvalue weighted by molar-refractivity contribution is 7.12. The van der Waals surface area contributed by atoms with Crippen LogP contribution in [0.3, 0.4) is 0 Å². The normalized spacial score (nSPS) is 9.82. The molecular weight excluding hydrogens is 234 g/mol. The number of ketones is 1. The minimum atomic E-state index is 0.133. The molecule has 0 saturated carbocycles. The number of Topliss-reactive ketones (excluding diaryl/α,β-unsaturated/α-hetero) is 1. The summed E-state index contributed by atoms with van der Waals surface area (Å²) >= 11 is 1.44. The van der Waals surface area contributed by atoms with Crippen molar-refractivity contribution < 1.29 is 4.79 Å². The van der Waals surface area contributed by atoms with Crippen molar-refractivity contribution in [3.8, 4) is 12.1 Å². The molecule has 0 saturated heterocycles. The zero-order chi connectivity index (χ0) is 12.5. The second kappa shape index (κ2) is 7.56. The summed E-state index contributed by atoms with van der Waals surface area (Å²) in [6, 6.07) is 7.69. The highest BCUT2D eigenvalue weighted by Crippen LogP contribution is 2.12. The van der Waals surface area contributed by atoms with Crippen LogP contribution >= 0.6 is 11.3 Å². The third-order valence-corrected chi connectivity index (χ3v) is 3.17. The number of nitrogens with zero attached hydrogens (tertiary/aromatic N) is 3. The van der Waals surface area contributed by atoms with Gasteiger partial charge in [-0.15, -0.1) is 11.3 Å². The van der Waals surface area contributed by atoms with Crippen molar-refractivity contribution in [3.63, 3.8) is 0 Å². The molecule has 0 bridgehead atoms. The molecule has 0 aliphatic rings. The average Bonchev–Trinajstić information content (AvgIpc) is 2.83. The summed E-state index contributed by atoms with van der Waals surface area (Å²) in [5.74, 6) is 0.133. The van der Waals surface area contributed by atoms with Gasteiger partial charge in [-0.2, -0.15) is 10.5 Å². The smallest absolute Gasteiger partial charge is 0.172 e. The Morgan fingerprint density at radius 3 is 2.59 bits per heavy atom. The lowest BCUT2D eigenvalue weighted by Crippen LogP contribution is -2.26. The van der Waals surface area contributed by atoms with Crippen LogP contribution in [0.4, 0.5) is 0 Å². The number of hydrogen-bond acceptors (Lipinski definition) is 5. The van der Waals surface area contributed by atoms with Crippen molar-refractivity contribution in [2.24, 2.45) is 0 Å².